The number of hydrogen-bond donors (Lipinski definition) is 1. The summed E-state index contributed by atoms with van der Waals surface area (Å²) in [6, 6.07) is 4.36. The van der Waals surface area contributed by atoms with E-state index in [1.165, 1.54) is 5.56 Å². The molecule has 0 spiro atoms. The fourth-order valence-electron chi connectivity index (χ4n) is 1.88. The van der Waals surface area contributed by atoms with E-state index in [1.807, 2.05) is 6.07 Å². The third-order valence-electron chi connectivity index (χ3n) is 2.83. The SMILES string of the molecule is CCCNC(C)c1cc2c(cc1Br)OCCO2. The maximum atomic E-state index is 5.60. The number of rotatable bonds is 4. The van der Waals surface area contributed by atoms with Crippen LogP contribution in [-0.4, -0.2) is 19.8 Å². The Morgan fingerprint density at radius 3 is 2.59 bits per heavy atom. The second-order valence-electron chi connectivity index (χ2n) is 4.19. The van der Waals surface area contributed by atoms with E-state index < -0.39 is 0 Å². The summed E-state index contributed by atoms with van der Waals surface area (Å²) in [4.78, 5) is 0. The van der Waals surface area contributed by atoms with Gasteiger partial charge in [-0.2, -0.15) is 0 Å². The van der Waals surface area contributed by atoms with Gasteiger partial charge in [-0.15, -0.1) is 0 Å². The molecule has 0 aliphatic carbocycles. The van der Waals surface area contributed by atoms with Crippen LogP contribution in [0, 0.1) is 0 Å². The van der Waals surface area contributed by atoms with Crippen molar-refractivity contribution >= 4 is 15.9 Å². The predicted molar refractivity (Wildman–Crippen MR) is 71.8 cm³/mol. The summed E-state index contributed by atoms with van der Waals surface area (Å²) in [7, 11) is 0. The summed E-state index contributed by atoms with van der Waals surface area (Å²) in [6.07, 6.45) is 1.13. The number of hydrogen-bond acceptors (Lipinski definition) is 3. The second kappa shape index (κ2) is 5.74. The lowest BCUT2D eigenvalue weighted by molar-refractivity contribution is 0.171. The summed E-state index contributed by atoms with van der Waals surface area (Å²) in [5.74, 6) is 1.68. The average molecular weight is 300 g/mol. The standard InChI is InChI=1S/C13H18BrNO2/c1-3-4-15-9(2)10-7-12-13(8-11(10)14)17-6-5-16-12/h7-9,15H,3-6H2,1-2H3. The molecule has 1 aliphatic rings. The van der Waals surface area contributed by atoms with Crippen molar-refractivity contribution in [2.75, 3.05) is 19.8 Å². The molecule has 1 N–H and O–H groups in total. The predicted octanol–water partition coefficient (Wildman–Crippen LogP) is 3.28. The highest BCUT2D eigenvalue weighted by Crippen LogP contribution is 2.37. The zero-order valence-electron chi connectivity index (χ0n) is 10.3. The van der Waals surface area contributed by atoms with Gasteiger partial charge < -0.3 is 14.8 Å². The fourth-order valence-corrected chi connectivity index (χ4v) is 2.55. The summed E-state index contributed by atoms with van der Waals surface area (Å²) in [6.45, 7) is 6.60. The molecule has 4 heteroatoms. The summed E-state index contributed by atoms with van der Waals surface area (Å²) < 4.78 is 12.2. The van der Waals surface area contributed by atoms with Gasteiger partial charge in [0.2, 0.25) is 0 Å². The van der Waals surface area contributed by atoms with Gasteiger partial charge in [-0.3, -0.25) is 0 Å². The molecular formula is C13H18BrNO2. The first-order valence-electron chi connectivity index (χ1n) is 6.04. The Balaban J connectivity index is 2.22. The van der Waals surface area contributed by atoms with E-state index in [4.69, 9.17) is 9.47 Å². The first-order chi connectivity index (χ1) is 8.22. The smallest absolute Gasteiger partial charge is 0.162 e. The van der Waals surface area contributed by atoms with Crippen LogP contribution in [0.3, 0.4) is 0 Å². The van der Waals surface area contributed by atoms with Crippen LogP contribution in [0.2, 0.25) is 0 Å². The molecule has 17 heavy (non-hydrogen) atoms. The molecule has 1 aromatic rings. The molecule has 0 bridgehead atoms. The van der Waals surface area contributed by atoms with E-state index in [0.717, 1.165) is 28.9 Å². The van der Waals surface area contributed by atoms with Crippen LogP contribution in [0.25, 0.3) is 0 Å². The number of ether oxygens (including phenoxy) is 2. The molecule has 0 saturated carbocycles. The van der Waals surface area contributed by atoms with Crippen LogP contribution in [0.5, 0.6) is 11.5 Å². The van der Waals surface area contributed by atoms with Gasteiger partial charge in [0, 0.05) is 10.5 Å². The Labute approximate surface area is 111 Å². The van der Waals surface area contributed by atoms with Crippen molar-refractivity contribution < 1.29 is 9.47 Å². The molecule has 1 heterocycles. The number of benzene rings is 1. The third kappa shape index (κ3) is 2.93. The molecule has 2 rings (SSSR count). The van der Waals surface area contributed by atoms with E-state index in [9.17, 15) is 0 Å². The topological polar surface area (TPSA) is 30.5 Å². The molecular weight excluding hydrogens is 282 g/mol. The van der Waals surface area contributed by atoms with Crippen molar-refractivity contribution in [2.24, 2.45) is 0 Å². The zero-order valence-corrected chi connectivity index (χ0v) is 11.8. The van der Waals surface area contributed by atoms with E-state index in [2.05, 4.69) is 41.2 Å². The Morgan fingerprint density at radius 2 is 1.94 bits per heavy atom. The fraction of sp³-hybridized carbons (Fsp3) is 0.538. The Hall–Kier alpha value is -0.740. The second-order valence-corrected chi connectivity index (χ2v) is 5.05. The minimum Gasteiger partial charge on any atom is -0.486 e. The molecule has 0 aromatic heterocycles. The molecule has 1 atom stereocenters. The largest absolute Gasteiger partial charge is 0.486 e. The van der Waals surface area contributed by atoms with Crippen molar-refractivity contribution in [1.82, 2.24) is 5.32 Å². The molecule has 1 aromatic carbocycles. The van der Waals surface area contributed by atoms with E-state index in [1.54, 1.807) is 0 Å². The lowest BCUT2D eigenvalue weighted by Gasteiger charge is -2.22. The van der Waals surface area contributed by atoms with E-state index >= 15 is 0 Å². The van der Waals surface area contributed by atoms with Gasteiger partial charge in [-0.05, 0) is 37.6 Å². The van der Waals surface area contributed by atoms with Crippen molar-refractivity contribution in [3.05, 3.63) is 22.2 Å². The highest BCUT2D eigenvalue weighted by atomic mass is 79.9. The maximum Gasteiger partial charge on any atom is 0.162 e. The molecule has 1 unspecified atom stereocenters. The highest BCUT2D eigenvalue weighted by Gasteiger charge is 2.17. The quantitative estimate of drug-likeness (QED) is 0.925. The molecule has 1 aliphatic heterocycles. The van der Waals surface area contributed by atoms with Crippen LogP contribution in [-0.2, 0) is 0 Å². The van der Waals surface area contributed by atoms with Crippen LogP contribution in [0.15, 0.2) is 16.6 Å². The minimum atomic E-state index is 0.306. The van der Waals surface area contributed by atoms with Gasteiger partial charge >= 0.3 is 0 Å². The Kier molecular flexibility index (Phi) is 4.29. The third-order valence-corrected chi connectivity index (χ3v) is 3.52. The zero-order chi connectivity index (χ0) is 12.3. The lowest BCUT2D eigenvalue weighted by atomic mass is 10.1. The van der Waals surface area contributed by atoms with Crippen molar-refractivity contribution in [2.45, 2.75) is 26.3 Å². The monoisotopic (exact) mass is 299 g/mol. The van der Waals surface area contributed by atoms with Gasteiger partial charge in [-0.25, -0.2) is 0 Å². The Bertz CT molecular complexity index is 395. The van der Waals surface area contributed by atoms with E-state index in [0.29, 0.717) is 19.3 Å². The van der Waals surface area contributed by atoms with Crippen molar-refractivity contribution in [3.8, 4) is 11.5 Å². The first kappa shape index (κ1) is 12.7. The van der Waals surface area contributed by atoms with Gasteiger partial charge in [-0.1, -0.05) is 22.9 Å². The van der Waals surface area contributed by atoms with Crippen molar-refractivity contribution in [3.63, 3.8) is 0 Å². The number of nitrogens with one attached hydrogen (secondary N) is 1. The van der Waals surface area contributed by atoms with Crippen LogP contribution in [0.4, 0.5) is 0 Å². The summed E-state index contributed by atoms with van der Waals surface area (Å²) in [5, 5.41) is 3.47. The molecule has 94 valence electrons. The van der Waals surface area contributed by atoms with Gasteiger partial charge in [0.25, 0.3) is 0 Å². The highest BCUT2D eigenvalue weighted by molar-refractivity contribution is 9.10. The van der Waals surface area contributed by atoms with Crippen LogP contribution < -0.4 is 14.8 Å². The average Bonchev–Trinajstić information content (AvgIpc) is 2.35. The molecule has 0 fully saturated rings. The Morgan fingerprint density at radius 1 is 1.29 bits per heavy atom. The van der Waals surface area contributed by atoms with Gasteiger partial charge in [0.05, 0.1) is 0 Å². The molecule has 3 nitrogen and oxygen atoms in total. The number of fused-ring (bicyclic) bond motifs is 1. The molecule has 0 radical (unpaired) electrons. The maximum absolute atomic E-state index is 5.60. The van der Waals surface area contributed by atoms with Crippen LogP contribution in [0.1, 0.15) is 31.9 Å². The number of halogens is 1. The minimum absolute atomic E-state index is 0.306. The van der Waals surface area contributed by atoms with Gasteiger partial charge in [0.1, 0.15) is 13.2 Å². The van der Waals surface area contributed by atoms with E-state index in [-0.39, 0.29) is 0 Å². The first-order valence-corrected chi connectivity index (χ1v) is 6.84. The summed E-state index contributed by atoms with van der Waals surface area (Å²) >= 11 is 3.59. The van der Waals surface area contributed by atoms with Gasteiger partial charge in [0.15, 0.2) is 11.5 Å². The summed E-state index contributed by atoms with van der Waals surface area (Å²) in [5.41, 5.74) is 1.21. The normalized spacial score (nSPS) is 15.7. The molecule has 0 saturated heterocycles. The van der Waals surface area contributed by atoms with Crippen molar-refractivity contribution in [1.29, 1.82) is 0 Å². The lowest BCUT2D eigenvalue weighted by Crippen LogP contribution is -2.21. The van der Waals surface area contributed by atoms with Crippen LogP contribution >= 0.6 is 15.9 Å². The molecule has 0 amide bonds.